The van der Waals surface area contributed by atoms with Crippen molar-refractivity contribution in [2.75, 3.05) is 12.4 Å². The normalized spacial score (nSPS) is 10.4. The van der Waals surface area contributed by atoms with Gasteiger partial charge >= 0.3 is 0 Å². The molecule has 0 saturated carbocycles. The molecule has 2 nitrogen and oxygen atoms in total. The number of hydrogen-bond acceptors (Lipinski definition) is 2. The third-order valence-corrected chi connectivity index (χ3v) is 3.78. The predicted octanol–water partition coefficient (Wildman–Crippen LogP) is 5.52. The Morgan fingerprint density at radius 1 is 1.20 bits per heavy atom. The molecule has 0 atom stereocenters. The van der Waals surface area contributed by atoms with E-state index in [0.29, 0.717) is 27.0 Å². The van der Waals surface area contributed by atoms with E-state index in [9.17, 15) is 4.39 Å². The minimum absolute atomic E-state index is 0.275. The minimum atomic E-state index is -0.346. The van der Waals surface area contributed by atoms with Crippen LogP contribution in [0.25, 0.3) is 0 Å². The van der Waals surface area contributed by atoms with Crippen molar-refractivity contribution >= 4 is 44.8 Å². The lowest BCUT2D eigenvalue weighted by molar-refractivity contribution is 0.411. The molecule has 0 amide bonds. The molecule has 106 valence electrons. The molecule has 0 unspecified atom stereocenters. The molecule has 2 rings (SSSR count). The van der Waals surface area contributed by atoms with Gasteiger partial charge in [0.1, 0.15) is 11.6 Å². The fraction of sp³-hybridized carbons (Fsp3) is 0.143. The number of rotatable bonds is 4. The molecular weight excluding hydrogens is 368 g/mol. The summed E-state index contributed by atoms with van der Waals surface area (Å²) in [6.45, 7) is 0.275. The number of halogens is 4. The van der Waals surface area contributed by atoms with Crippen LogP contribution >= 0.6 is 39.1 Å². The summed E-state index contributed by atoms with van der Waals surface area (Å²) >= 11 is 15.5. The van der Waals surface area contributed by atoms with E-state index in [-0.39, 0.29) is 12.4 Å². The van der Waals surface area contributed by atoms with Crippen molar-refractivity contribution in [3.8, 4) is 5.75 Å². The Hall–Kier alpha value is -0.970. The molecule has 0 radical (unpaired) electrons. The van der Waals surface area contributed by atoms with Crippen LogP contribution in [0.4, 0.5) is 10.1 Å². The van der Waals surface area contributed by atoms with Gasteiger partial charge in [-0.1, -0.05) is 45.2 Å². The first-order chi connectivity index (χ1) is 9.51. The van der Waals surface area contributed by atoms with Gasteiger partial charge in [-0.05, 0) is 18.2 Å². The third kappa shape index (κ3) is 3.57. The molecule has 0 fully saturated rings. The molecule has 2 aromatic carbocycles. The van der Waals surface area contributed by atoms with E-state index in [1.807, 2.05) is 0 Å². The average Bonchev–Trinajstić information content (AvgIpc) is 2.39. The van der Waals surface area contributed by atoms with E-state index in [1.165, 1.54) is 13.2 Å². The van der Waals surface area contributed by atoms with Crippen molar-refractivity contribution in [1.82, 2.24) is 0 Å². The van der Waals surface area contributed by atoms with E-state index in [4.69, 9.17) is 27.9 Å². The van der Waals surface area contributed by atoms with Crippen LogP contribution in [0.3, 0.4) is 0 Å². The van der Waals surface area contributed by atoms with Crippen LogP contribution in [-0.2, 0) is 6.54 Å². The molecule has 0 aliphatic carbocycles. The van der Waals surface area contributed by atoms with Crippen molar-refractivity contribution in [2.45, 2.75) is 6.54 Å². The van der Waals surface area contributed by atoms with Gasteiger partial charge in [0.05, 0.1) is 22.8 Å². The number of benzene rings is 2. The topological polar surface area (TPSA) is 21.3 Å². The van der Waals surface area contributed by atoms with Gasteiger partial charge in [0, 0.05) is 22.6 Å². The molecular formula is C14H11BrCl2FNO. The van der Waals surface area contributed by atoms with E-state index in [2.05, 4.69) is 21.2 Å². The lowest BCUT2D eigenvalue weighted by Gasteiger charge is -2.12. The number of anilines is 1. The van der Waals surface area contributed by atoms with Gasteiger partial charge in [0.2, 0.25) is 0 Å². The second-order valence-electron chi connectivity index (χ2n) is 4.06. The number of hydrogen-bond donors (Lipinski definition) is 1. The summed E-state index contributed by atoms with van der Waals surface area (Å²) in [5.41, 5.74) is 1.08. The van der Waals surface area contributed by atoms with Gasteiger partial charge < -0.3 is 10.1 Å². The monoisotopic (exact) mass is 377 g/mol. The van der Waals surface area contributed by atoms with E-state index >= 15 is 0 Å². The van der Waals surface area contributed by atoms with E-state index < -0.39 is 0 Å². The van der Waals surface area contributed by atoms with Crippen LogP contribution in [0, 0.1) is 5.82 Å². The fourth-order valence-electron chi connectivity index (χ4n) is 1.69. The van der Waals surface area contributed by atoms with E-state index in [1.54, 1.807) is 24.3 Å². The molecule has 0 saturated heterocycles. The maximum Gasteiger partial charge on any atom is 0.131 e. The zero-order valence-electron chi connectivity index (χ0n) is 10.5. The summed E-state index contributed by atoms with van der Waals surface area (Å²) in [5.74, 6) is 0.132. The van der Waals surface area contributed by atoms with Crippen LogP contribution in [-0.4, -0.2) is 7.11 Å². The molecule has 0 aromatic heterocycles. The smallest absolute Gasteiger partial charge is 0.131 e. The van der Waals surface area contributed by atoms with Gasteiger partial charge in [-0.15, -0.1) is 0 Å². The Kier molecular flexibility index (Phi) is 5.13. The fourth-order valence-corrected chi connectivity index (χ4v) is 3.04. The maximum absolute atomic E-state index is 13.8. The van der Waals surface area contributed by atoms with Crippen molar-refractivity contribution in [3.63, 3.8) is 0 Å². The number of ether oxygens (including phenoxy) is 1. The molecule has 0 heterocycles. The Bertz CT molecular complexity index is 614. The van der Waals surface area contributed by atoms with Crippen LogP contribution in [0.15, 0.2) is 34.8 Å². The highest BCUT2D eigenvalue weighted by Crippen LogP contribution is 2.34. The molecule has 6 heteroatoms. The maximum atomic E-state index is 13.8. The highest BCUT2D eigenvalue weighted by atomic mass is 79.9. The first-order valence-electron chi connectivity index (χ1n) is 5.72. The Morgan fingerprint density at radius 3 is 2.40 bits per heavy atom. The molecule has 2 aromatic rings. The molecule has 20 heavy (non-hydrogen) atoms. The second kappa shape index (κ2) is 6.66. The largest absolute Gasteiger partial charge is 0.497 e. The standard InChI is InChI=1S/C14H11BrCl2FNO/c1-20-10-3-2-8(13(18)6-10)7-19-14-11(16)4-9(15)5-12(14)17/h2-6,19H,7H2,1H3. The summed E-state index contributed by atoms with van der Waals surface area (Å²) in [6.07, 6.45) is 0. The Morgan fingerprint density at radius 2 is 1.85 bits per heavy atom. The zero-order valence-corrected chi connectivity index (χ0v) is 13.6. The molecule has 0 aliphatic heterocycles. The highest BCUT2D eigenvalue weighted by molar-refractivity contribution is 9.10. The quantitative estimate of drug-likeness (QED) is 0.756. The summed E-state index contributed by atoms with van der Waals surface area (Å²) in [4.78, 5) is 0. The van der Waals surface area contributed by atoms with E-state index in [0.717, 1.165) is 4.47 Å². The lowest BCUT2D eigenvalue weighted by atomic mass is 10.2. The average molecular weight is 379 g/mol. The molecule has 1 N–H and O–H groups in total. The van der Waals surface area contributed by atoms with Gasteiger partial charge in [0.15, 0.2) is 0 Å². The molecule has 0 aliphatic rings. The molecule has 0 spiro atoms. The molecule has 0 bridgehead atoms. The van der Waals surface area contributed by atoms with Gasteiger partial charge in [-0.3, -0.25) is 0 Å². The van der Waals surface area contributed by atoms with Crippen LogP contribution in [0.5, 0.6) is 5.75 Å². The second-order valence-corrected chi connectivity index (χ2v) is 5.79. The van der Waals surface area contributed by atoms with Crippen molar-refractivity contribution < 1.29 is 9.13 Å². The Labute approximate surface area is 135 Å². The summed E-state index contributed by atoms with van der Waals surface area (Å²) in [6, 6.07) is 8.13. The third-order valence-electron chi connectivity index (χ3n) is 2.72. The van der Waals surface area contributed by atoms with Crippen molar-refractivity contribution in [2.24, 2.45) is 0 Å². The minimum Gasteiger partial charge on any atom is -0.497 e. The summed E-state index contributed by atoms with van der Waals surface area (Å²) in [7, 11) is 1.49. The lowest BCUT2D eigenvalue weighted by Crippen LogP contribution is -2.03. The van der Waals surface area contributed by atoms with Crippen LogP contribution in [0.1, 0.15) is 5.56 Å². The van der Waals surface area contributed by atoms with Gasteiger partial charge in [-0.25, -0.2) is 4.39 Å². The van der Waals surface area contributed by atoms with Gasteiger partial charge in [0.25, 0.3) is 0 Å². The number of methoxy groups -OCH3 is 1. The zero-order chi connectivity index (χ0) is 14.7. The van der Waals surface area contributed by atoms with Crippen molar-refractivity contribution in [3.05, 3.63) is 56.2 Å². The Balaban J connectivity index is 2.17. The van der Waals surface area contributed by atoms with Crippen LogP contribution < -0.4 is 10.1 Å². The van der Waals surface area contributed by atoms with Crippen molar-refractivity contribution in [1.29, 1.82) is 0 Å². The summed E-state index contributed by atoms with van der Waals surface area (Å²) in [5, 5.41) is 3.98. The van der Waals surface area contributed by atoms with Crippen LogP contribution in [0.2, 0.25) is 10.0 Å². The summed E-state index contributed by atoms with van der Waals surface area (Å²) < 4.78 is 19.6. The SMILES string of the molecule is COc1ccc(CNc2c(Cl)cc(Br)cc2Cl)c(F)c1. The first-order valence-corrected chi connectivity index (χ1v) is 7.27. The predicted molar refractivity (Wildman–Crippen MR) is 84.4 cm³/mol. The first kappa shape index (κ1) is 15.4. The number of nitrogens with one attached hydrogen (secondary N) is 1. The highest BCUT2D eigenvalue weighted by Gasteiger charge is 2.09. The van der Waals surface area contributed by atoms with Gasteiger partial charge in [-0.2, -0.15) is 0 Å².